The van der Waals surface area contributed by atoms with Gasteiger partial charge in [-0.1, -0.05) is 39.0 Å². The van der Waals surface area contributed by atoms with Crippen LogP contribution in [0.2, 0.25) is 0 Å². The van der Waals surface area contributed by atoms with Crippen molar-refractivity contribution in [1.82, 2.24) is 0 Å². The van der Waals surface area contributed by atoms with Crippen molar-refractivity contribution < 1.29 is 5.11 Å². The molecule has 2 nitrogen and oxygen atoms in total. The first-order valence-corrected chi connectivity index (χ1v) is 5.48. The van der Waals surface area contributed by atoms with Crippen LogP contribution in [0.1, 0.15) is 38.3 Å². The summed E-state index contributed by atoms with van der Waals surface area (Å²) in [5.74, 6) is 0.443. The highest BCUT2D eigenvalue weighted by molar-refractivity contribution is 5.44. The first-order valence-electron chi connectivity index (χ1n) is 5.48. The lowest BCUT2D eigenvalue weighted by molar-refractivity contribution is 0.439. The van der Waals surface area contributed by atoms with Gasteiger partial charge in [0.1, 0.15) is 5.75 Å². The Kier molecular flexibility index (Phi) is 3.75. The number of phenols is 1. The van der Waals surface area contributed by atoms with Crippen LogP contribution >= 0.6 is 0 Å². The summed E-state index contributed by atoms with van der Waals surface area (Å²) in [5.41, 5.74) is 7.48. The Morgan fingerprint density at radius 3 is 2.47 bits per heavy atom. The zero-order chi connectivity index (χ0) is 11.5. The van der Waals surface area contributed by atoms with E-state index in [0.717, 1.165) is 24.0 Å². The lowest BCUT2D eigenvalue weighted by Gasteiger charge is -2.21. The fourth-order valence-electron chi connectivity index (χ4n) is 1.69. The van der Waals surface area contributed by atoms with Crippen molar-refractivity contribution in [3.05, 3.63) is 29.3 Å². The molecule has 0 spiro atoms. The van der Waals surface area contributed by atoms with Crippen LogP contribution in [-0.2, 0) is 11.8 Å². The molecule has 1 aromatic rings. The van der Waals surface area contributed by atoms with Crippen molar-refractivity contribution in [2.75, 3.05) is 6.54 Å². The average Bonchev–Trinajstić information content (AvgIpc) is 2.14. The Hall–Kier alpha value is -1.02. The SMILES string of the molecule is CC(C)(C)c1cccc(CCCN)c1O. The summed E-state index contributed by atoms with van der Waals surface area (Å²) in [5, 5.41) is 10.1. The van der Waals surface area contributed by atoms with E-state index in [1.165, 1.54) is 0 Å². The molecule has 0 bridgehead atoms. The molecule has 2 heteroatoms. The summed E-state index contributed by atoms with van der Waals surface area (Å²) in [6.07, 6.45) is 1.77. The quantitative estimate of drug-likeness (QED) is 0.800. The number of rotatable bonds is 3. The summed E-state index contributed by atoms with van der Waals surface area (Å²) in [7, 11) is 0. The van der Waals surface area contributed by atoms with E-state index >= 15 is 0 Å². The van der Waals surface area contributed by atoms with Gasteiger partial charge in [0, 0.05) is 0 Å². The minimum absolute atomic E-state index is 0.0111. The van der Waals surface area contributed by atoms with Crippen LogP contribution < -0.4 is 5.73 Å². The van der Waals surface area contributed by atoms with Crippen LogP contribution in [-0.4, -0.2) is 11.7 Å². The van der Waals surface area contributed by atoms with Crippen LogP contribution in [0.5, 0.6) is 5.75 Å². The van der Waals surface area contributed by atoms with Gasteiger partial charge in [0.05, 0.1) is 0 Å². The molecule has 0 aliphatic heterocycles. The van der Waals surface area contributed by atoms with Gasteiger partial charge in [-0.25, -0.2) is 0 Å². The molecule has 84 valence electrons. The normalized spacial score (nSPS) is 11.7. The zero-order valence-electron chi connectivity index (χ0n) is 9.88. The summed E-state index contributed by atoms with van der Waals surface area (Å²) in [6, 6.07) is 5.97. The summed E-state index contributed by atoms with van der Waals surface area (Å²) >= 11 is 0. The van der Waals surface area contributed by atoms with Crippen molar-refractivity contribution in [2.24, 2.45) is 5.73 Å². The molecule has 0 radical (unpaired) electrons. The molecule has 1 aromatic carbocycles. The maximum absolute atomic E-state index is 10.1. The molecule has 0 unspecified atom stereocenters. The fraction of sp³-hybridized carbons (Fsp3) is 0.538. The van der Waals surface area contributed by atoms with Gasteiger partial charge in [0.15, 0.2) is 0 Å². The molecule has 0 saturated heterocycles. The molecule has 0 fully saturated rings. The molecule has 0 atom stereocenters. The number of hydrogen-bond acceptors (Lipinski definition) is 2. The molecule has 0 aromatic heterocycles. The summed E-state index contributed by atoms with van der Waals surface area (Å²) in [4.78, 5) is 0. The van der Waals surface area contributed by atoms with E-state index in [9.17, 15) is 5.11 Å². The second-order valence-corrected chi connectivity index (χ2v) is 4.96. The fourth-order valence-corrected chi connectivity index (χ4v) is 1.69. The lowest BCUT2D eigenvalue weighted by atomic mass is 9.85. The number of para-hydroxylation sites is 1. The van der Waals surface area contributed by atoms with Crippen molar-refractivity contribution in [1.29, 1.82) is 0 Å². The van der Waals surface area contributed by atoms with E-state index in [4.69, 9.17) is 5.73 Å². The minimum atomic E-state index is -0.0111. The number of phenolic OH excluding ortho intramolecular Hbond substituents is 1. The molecule has 1 rings (SSSR count). The Morgan fingerprint density at radius 2 is 1.93 bits per heavy atom. The lowest BCUT2D eigenvalue weighted by Crippen LogP contribution is -2.12. The molecule has 0 saturated carbocycles. The topological polar surface area (TPSA) is 46.2 Å². The Balaban J connectivity index is 3.01. The van der Waals surface area contributed by atoms with E-state index in [1.54, 1.807) is 0 Å². The third-order valence-electron chi connectivity index (χ3n) is 2.58. The smallest absolute Gasteiger partial charge is 0.122 e. The second-order valence-electron chi connectivity index (χ2n) is 4.96. The largest absolute Gasteiger partial charge is 0.507 e. The van der Waals surface area contributed by atoms with E-state index in [2.05, 4.69) is 20.8 Å². The van der Waals surface area contributed by atoms with E-state index in [1.807, 2.05) is 18.2 Å². The van der Waals surface area contributed by atoms with Crippen LogP contribution in [0.15, 0.2) is 18.2 Å². The maximum atomic E-state index is 10.1. The van der Waals surface area contributed by atoms with Gasteiger partial charge in [0.25, 0.3) is 0 Å². The van der Waals surface area contributed by atoms with Gasteiger partial charge >= 0.3 is 0 Å². The first kappa shape index (κ1) is 12.1. The van der Waals surface area contributed by atoms with E-state index < -0.39 is 0 Å². The van der Waals surface area contributed by atoms with Crippen LogP contribution in [0.4, 0.5) is 0 Å². The molecule has 0 aliphatic carbocycles. The summed E-state index contributed by atoms with van der Waals surface area (Å²) < 4.78 is 0. The highest BCUT2D eigenvalue weighted by atomic mass is 16.3. The highest BCUT2D eigenvalue weighted by Crippen LogP contribution is 2.33. The number of aryl methyl sites for hydroxylation is 1. The molecular weight excluding hydrogens is 186 g/mol. The molecule has 0 heterocycles. The van der Waals surface area contributed by atoms with Crippen molar-refractivity contribution in [3.63, 3.8) is 0 Å². The van der Waals surface area contributed by atoms with Crippen LogP contribution in [0.3, 0.4) is 0 Å². The number of nitrogens with two attached hydrogens (primary N) is 1. The molecule has 0 amide bonds. The number of hydrogen-bond donors (Lipinski definition) is 2. The van der Waals surface area contributed by atoms with Gasteiger partial charge in [-0.05, 0) is 35.9 Å². The number of aromatic hydroxyl groups is 1. The predicted octanol–water partition coefficient (Wildman–Crippen LogP) is 2.58. The third-order valence-corrected chi connectivity index (χ3v) is 2.58. The zero-order valence-corrected chi connectivity index (χ0v) is 9.88. The van der Waals surface area contributed by atoms with Gasteiger partial charge in [-0.3, -0.25) is 0 Å². The van der Waals surface area contributed by atoms with E-state index in [-0.39, 0.29) is 5.41 Å². The Morgan fingerprint density at radius 1 is 1.27 bits per heavy atom. The van der Waals surface area contributed by atoms with Crippen molar-refractivity contribution in [3.8, 4) is 5.75 Å². The Bertz CT molecular complexity index is 326. The molecule has 3 N–H and O–H groups in total. The highest BCUT2D eigenvalue weighted by Gasteiger charge is 2.19. The van der Waals surface area contributed by atoms with Gasteiger partial charge in [-0.2, -0.15) is 0 Å². The molecular formula is C13H21NO. The second kappa shape index (κ2) is 4.67. The maximum Gasteiger partial charge on any atom is 0.122 e. The number of benzene rings is 1. The molecule has 15 heavy (non-hydrogen) atoms. The van der Waals surface area contributed by atoms with Crippen LogP contribution in [0, 0.1) is 0 Å². The third kappa shape index (κ3) is 2.96. The van der Waals surface area contributed by atoms with Gasteiger partial charge in [0.2, 0.25) is 0 Å². The average molecular weight is 207 g/mol. The standard InChI is InChI=1S/C13H21NO/c1-13(2,3)11-8-4-6-10(12(11)15)7-5-9-14/h4,6,8,15H,5,7,9,14H2,1-3H3. The first-order chi connectivity index (χ1) is 6.96. The van der Waals surface area contributed by atoms with Crippen molar-refractivity contribution in [2.45, 2.75) is 39.0 Å². The molecule has 0 aliphatic rings. The van der Waals surface area contributed by atoms with Crippen LogP contribution in [0.25, 0.3) is 0 Å². The minimum Gasteiger partial charge on any atom is -0.507 e. The van der Waals surface area contributed by atoms with E-state index in [0.29, 0.717) is 12.3 Å². The monoisotopic (exact) mass is 207 g/mol. The Labute approximate surface area is 92.1 Å². The van der Waals surface area contributed by atoms with Gasteiger partial charge in [-0.15, -0.1) is 0 Å². The summed E-state index contributed by atoms with van der Waals surface area (Å²) in [6.45, 7) is 6.98. The predicted molar refractivity (Wildman–Crippen MR) is 64.2 cm³/mol. The van der Waals surface area contributed by atoms with Crippen molar-refractivity contribution >= 4 is 0 Å². The van der Waals surface area contributed by atoms with Gasteiger partial charge < -0.3 is 10.8 Å².